The fourth-order valence-electron chi connectivity index (χ4n) is 2.16. The molecule has 1 fully saturated rings. The zero-order chi connectivity index (χ0) is 12.7. The molecule has 1 aromatic heterocycles. The van der Waals surface area contributed by atoms with Gasteiger partial charge in [-0.3, -0.25) is 0 Å². The van der Waals surface area contributed by atoms with Crippen molar-refractivity contribution >= 4 is 11.3 Å². The summed E-state index contributed by atoms with van der Waals surface area (Å²) in [6.45, 7) is 0. The van der Waals surface area contributed by atoms with E-state index in [1.54, 1.807) is 0 Å². The third kappa shape index (κ3) is 2.04. The van der Waals surface area contributed by atoms with Crippen LogP contribution in [0.1, 0.15) is 23.8 Å². The highest BCUT2D eigenvalue weighted by Crippen LogP contribution is 2.38. The lowest BCUT2D eigenvalue weighted by molar-refractivity contribution is 0.351. The van der Waals surface area contributed by atoms with E-state index in [0.29, 0.717) is 17.2 Å². The lowest BCUT2D eigenvalue weighted by Gasteiger charge is -2.30. The normalized spacial score (nSPS) is 22.8. The van der Waals surface area contributed by atoms with Crippen LogP contribution in [0.15, 0.2) is 23.6 Å². The maximum atomic E-state index is 13.6. The molecule has 2 N–H and O–H groups in total. The van der Waals surface area contributed by atoms with Crippen molar-refractivity contribution in [2.45, 2.75) is 24.8 Å². The Labute approximate surface area is 107 Å². The van der Waals surface area contributed by atoms with E-state index in [1.165, 1.54) is 23.5 Å². The Kier molecular flexibility index (Phi) is 2.87. The number of halogens is 2. The molecule has 1 aromatic carbocycles. The van der Waals surface area contributed by atoms with Gasteiger partial charge in [0, 0.05) is 29.0 Å². The van der Waals surface area contributed by atoms with Gasteiger partial charge in [-0.05, 0) is 25.0 Å². The van der Waals surface area contributed by atoms with Crippen molar-refractivity contribution in [1.82, 2.24) is 4.98 Å². The Morgan fingerprint density at radius 2 is 2.06 bits per heavy atom. The first kappa shape index (κ1) is 11.7. The van der Waals surface area contributed by atoms with Crippen molar-refractivity contribution in [1.29, 1.82) is 0 Å². The van der Waals surface area contributed by atoms with Gasteiger partial charge in [-0.2, -0.15) is 0 Å². The third-order valence-corrected chi connectivity index (χ3v) is 4.26. The molecule has 0 saturated heterocycles. The van der Waals surface area contributed by atoms with Gasteiger partial charge in [0.05, 0.1) is 10.7 Å². The lowest BCUT2D eigenvalue weighted by atomic mass is 9.81. The van der Waals surface area contributed by atoms with Crippen LogP contribution >= 0.6 is 11.3 Å². The zero-order valence-corrected chi connectivity index (χ0v) is 10.4. The van der Waals surface area contributed by atoms with Crippen LogP contribution in [0.3, 0.4) is 0 Å². The number of aromatic nitrogens is 1. The summed E-state index contributed by atoms with van der Waals surface area (Å²) in [5.41, 5.74) is 6.67. The summed E-state index contributed by atoms with van der Waals surface area (Å²) in [5.74, 6) is -0.740. The van der Waals surface area contributed by atoms with E-state index in [1.807, 2.05) is 5.38 Å². The van der Waals surface area contributed by atoms with Crippen LogP contribution in [0.4, 0.5) is 8.78 Å². The quantitative estimate of drug-likeness (QED) is 0.905. The molecular formula is C13H12F2N2S. The van der Waals surface area contributed by atoms with E-state index in [-0.39, 0.29) is 6.04 Å². The molecule has 0 atom stereocenters. The van der Waals surface area contributed by atoms with Crippen molar-refractivity contribution in [3.8, 4) is 11.3 Å². The highest BCUT2D eigenvalue weighted by Gasteiger charge is 2.29. The number of benzene rings is 1. The fourth-order valence-corrected chi connectivity index (χ4v) is 3.11. The minimum absolute atomic E-state index is 0.268. The molecule has 0 spiro atoms. The molecule has 2 nitrogen and oxygen atoms in total. The number of nitrogens with two attached hydrogens (primary N) is 1. The predicted molar refractivity (Wildman–Crippen MR) is 67.4 cm³/mol. The fraction of sp³-hybridized carbons (Fsp3) is 0.308. The summed E-state index contributed by atoms with van der Waals surface area (Å²) >= 11 is 1.52. The second kappa shape index (κ2) is 4.40. The minimum atomic E-state index is -0.573. The average Bonchev–Trinajstić information content (AvgIpc) is 2.73. The van der Waals surface area contributed by atoms with Crippen LogP contribution in [-0.4, -0.2) is 11.0 Å². The molecule has 18 heavy (non-hydrogen) atoms. The van der Waals surface area contributed by atoms with Crippen LogP contribution in [0.2, 0.25) is 0 Å². The molecule has 0 amide bonds. The first-order valence-corrected chi connectivity index (χ1v) is 6.68. The molecule has 0 radical (unpaired) electrons. The van der Waals surface area contributed by atoms with Crippen LogP contribution in [0.25, 0.3) is 11.3 Å². The number of hydrogen-bond donors (Lipinski definition) is 1. The van der Waals surface area contributed by atoms with Crippen molar-refractivity contribution < 1.29 is 8.78 Å². The molecule has 0 aliphatic heterocycles. The number of rotatable bonds is 2. The molecule has 0 bridgehead atoms. The highest BCUT2D eigenvalue weighted by atomic mass is 32.1. The number of hydrogen-bond acceptors (Lipinski definition) is 3. The summed E-state index contributed by atoms with van der Waals surface area (Å²) in [6, 6.07) is 3.82. The van der Waals surface area contributed by atoms with E-state index in [0.717, 1.165) is 23.9 Å². The SMILES string of the molecule is NC1CC(c2nc(-c3ccc(F)cc3F)cs2)C1. The third-order valence-electron chi connectivity index (χ3n) is 3.25. The second-order valence-electron chi connectivity index (χ2n) is 4.62. The van der Waals surface area contributed by atoms with E-state index in [4.69, 9.17) is 5.73 Å². The van der Waals surface area contributed by atoms with Crippen molar-refractivity contribution in [3.05, 3.63) is 40.2 Å². The molecule has 1 saturated carbocycles. The van der Waals surface area contributed by atoms with Crippen LogP contribution in [0, 0.1) is 11.6 Å². The average molecular weight is 266 g/mol. The van der Waals surface area contributed by atoms with Crippen LogP contribution in [-0.2, 0) is 0 Å². The number of nitrogens with zero attached hydrogens (tertiary/aromatic N) is 1. The summed E-state index contributed by atoms with van der Waals surface area (Å²) in [5, 5.41) is 2.81. The van der Waals surface area contributed by atoms with Gasteiger partial charge in [0.25, 0.3) is 0 Å². The Hall–Kier alpha value is -1.33. The summed E-state index contributed by atoms with van der Waals surface area (Å²) in [7, 11) is 0. The summed E-state index contributed by atoms with van der Waals surface area (Å²) in [4.78, 5) is 4.43. The van der Waals surface area contributed by atoms with Crippen molar-refractivity contribution in [2.24, 2.45) is 5.73 Å². The molecular weight excluding hydrogens is 254 g/mol. The van der Waals surface area contributed by atoms with Crippen molar-refractivity contribution in [2.75, 3.05) is 0 Å². The van der Waals surface area contributed by atoms with Gasteiger partial charge in [-0.1, -0.05) is 0 Å². The molecule has 2 aromatic rings. The zero-order valence-electron chi connectivity index (χ0n) is 9.57. The molecule has 1 aliphatic carbocycles. The van der Waals surface area contributed by atoms with Gasteiger partial charge >= 0.3 is 0 Å². The molecule has 1 heterocycles. The van der Waals surface area contributed by atoms with E-state index >= 15 is 0 Å². The maximum Gasteiger partial charge on any atom is 0.135 e. The summed E-state index contributed by atoms with van der Waals surface area (Å²) in [6.07, 6.45) is 1.89. The van der Waals surface area contributed by atoms with E-state index in [2.05, 4.69) is 4.98 Å². The Morgan fingerprint density at radius 1 is 1.28 bits per heavy atom. The van der Waals surface area contributed by atoms with E-state index < -0.39 is 11.6 Å². The van der Waals surface area contributed by atoms with Crippen molar-refractivity contribution in [3.63, 3.8) is 0 Å². The largest absolute Gasteiger partial charge is 0.328 e. The van der Waals surface area contributed by atoms with Gasteiger partial charge in [0.2, 0.25) is 0 Å². The standard InChI is InChI=1S/C13H12F2N2S/c14-8-1-2-10(11(15)5-8)12-6-18-13(17-12)7-3-9(16)4-7/h1-2,5-7,9H,3-4,16H2. The lowest BCUT2D eigenvalue weighted by Crippen LogP contribution is -2.34. The first-order chi connectivity index (χ1) is 8.63. The van der Waals surface area contributed by atoms with Gasteiger partial charge in [-0.15, -0.1) is 11.3 Å². The molecule has 5 heteroatoms. The van der Waals surface area contributed by atoms with Gasteiger partial charge < -0.3 is 5.73 Å². The molecule has 3 rings (SSSR count). The first-order valence-electron chi connectivity index (χ1n) is 5.80. The second-order valence-corrected chi connectivity index (χ2v) is 5.51. The maximum absolute atomic E-state index is 13.6. The van der Waals surface area contributed by atoms with Crippen LogP contribution < -0.4 is 5.73 Å². The minimum Gasteiger partial charge on any atom is -0.328 e. The Balaban J connectivity index is 1.88. The van der Waals surface area contributed by atoms with Crippen LogP contribution in [0.5, 0.6) is 0 Å². The Bertz CT molecular complexity index is 576. The Morgan fingerprint density at radius 3 is 2.72 bits per heavy atom. The predicted octanol–water partition coefficient (Wildman–Crippen LogP) is 3.29. The van der Waals surface area contributed by atoms with Gasteiger partial charge in [-0.25, -0.2) is 13.8 Å². The number of thiazole rings is 1. The molecule has 94 valence electrons. The van der Waals surface area contributed by atoms with E-state index in [9.17, 15) is 8.78 Å². The monoisotopic (exact) mass is 266 g/mol. The molecule has 0 unspecified atom stereocenters. The van der Waals surface area contributed by atoms with Gasteiger partial charge in [0.15, 0.2) is 0 Å². The smallest absolute Gasteiger partial charge is 0.135 e. The topological polar surface area (TPSA) is 38.9 Å². The summed E-state index contributed by atoms with van der Waals surface area (Å²) < 4.78 is 26.4. The van der Waals surface area contributed by atoms with Gasteiger partial charge in [0.1, 0.15) is 11.6 Å². The molecule has 1 aliphatic rings. The highest BCUT2D eigenvalue weighted by molar-refractivity contribution is 7.10.